The van der Waals surface area contributed by atoms with Crippen molar-refractivity contribution >= 4 is 24.2 Å². The first-order valence-corrected chi connectivity index (χ1v) is 10.6. The van der Waals surface area contributed by atoms with Gasteiger partial charge in [-0.05, 0) is 67.3 Å². The lowest BCUT2D eigenvalue weighted by atomic mass is 9.86. The van der Waals surface area contributed by atoms with Crippen LogP contribution in [0.2, 0.25) is 0 Å². The highest BCUT2D eigenvalue weighted by Crippen LogP contribution is 2.22. The van der Waals surface area contributed by atoms with Crippen molar-refractivity contribution in [3.63, 3.8) is 0 Å². The summed E-state index contributed by atoms with van der Waals surface area (Å²) in [7, 11) is 0. The number of benzene rings is 1. The van der Waals surface area contributed by atoms with Crippen molar-refractivity contribution in [2.75, 3.05) is 19.6 Å². The third kappa shape index (κ3) is 7.98. The summed E-state index contributed by atoms with van der Waals surface area (Å²) in [5, 5.41) is 9.33. The number of halogens is 1. The smallest absolute Gasteiger partial charge is 0.251 e. The van der Waals surface area contributed by atoms with Gasteiger partial charge in [-0.1, -0.05) is 46.8 Å². The van der Waals surface area contributed by atoms with E-state index >= 15 is 0 Å². The highest BCUT2D eigenvalue weighted by Gasteiger charge is 2.25. The molecule has 6 heteroatoms. The zero-order chi connectivity index (χ0) is 20.7. The number of hydrogen-bond acceptors (Lipinski definition) is 3. The van der Waals surface area contributed by atoms with Gasteiger partial charge in [-0.3, -0.25) is 9.59 Å². The van der Waals surface area contributed by atoms with Crippen LogP contribution in [0.1, 0.15) is 69.8 Å². The summed E-state index contributed by atoms with van der Waals surface area (Å²) in [6.45, 7) is 13.1. The number of nitrogens with one attached hydrogen (secondary N) is 3. The van der Waals surface area contributed by atoms with Gasteiger partial charge in [0, 0.05) is 12.1 Å². The molecule has 3 N–H and O–H groups in total. The Morgan fingerprint density at radius 3 is 2.34 bits per heavy atom. The van der Waals surface area contributed by atoms with Crippen LogP contribution in [-0.4, -0.2) is 37.5 Å². The Balaban J connectivity index is 0.00000420. The molecule has 0 radical (unpaired) electrons. The molecule has 2 unspecified atom stereocenters. The van der Waals surface area contributed by atoms with Gasteiger partial charge in [0.1, 0.15) is 6.04 Å². The molecule has 2 amide bonds. The lowest BCUT2D eigenvalue weighted by Gasteiger charge is -2.25. The minimum absolute atomic E-state index is 0. The molecule has 0 spiro atoms. The topological polar surface area (TPSA) is 70.2 Å². The van der Waals surface area contributed by atoms with E-state index in [-0.39, 0.29) is 35.6 Å². The summed E-state index contributed by atoms with van der Waals surface area (Å²) >= 11 is 0. The summed E-state index contributed by atoms with van der Waals surface area (Å²) in [5.74, 6) is 0.348. The van der Waals surface area contributed by atoms with Gasteiger partial charge in [0.15, 0.2) is 0 Å². The Kier molecular flexibility index (Phi) is 10.1. The Hall–Kier alpha value is -1.59. The van der Waals surface area contributed by atoms with Crippen molar-refractivity contribution < 1.29 is 9.59 Å². The minimum Gasteiger partial charge on any atom is -0.354 e. The highest BCUT2D eigenvalue weighted by atomic mass is 35.5. The summed E-state index contributed by atoms with van der Waals surface area (Å²) in [6.07, 6.45) is 3.40. The molecule has 1 heterocycles. The van der Waals surface area contributed by atoms with Crippen LogP contribution in [0, 0.1) is 11.8 Å². The van der Waals surface area contributed by atoms with E-state index < -0.39 is 6.04 Å². The first-order chi connectivity index (χ1) is 13.2. The number of amides is 2. The molecule has 1 fully saturated rings. The van der Waals surface area contributed by atoms with Gasteiger partial charge in [-0.25, -0.2) is 0 Å². The Morgan fingerprint density at radius 2 is 1.83 bits per heavy atom. The number of carbonyl (C=O) groups is 2. The van der Waals surface area contributed by atoms with E-state index in [0.29, 0.717) is 18.0 Å². The molecular weight excluding hydrogens is 386 g/mol. The Labute approximate surface area is 182 Å². The zero-order valence-electron chi connectivity index (χ0n) is 18.5. The van der Waals surface area contributed by atoms with E-state index in [4.69, 9.17) is 0 Å². The second kappa shape index (κ2) is 11.6. The van der Waals surface area contributed by atoms with Crippen LogP contribution in [0.25, 0.3) is 0 Å². The molecule has 0 saturated carbocycles. The van der Waals surface area contributed by atoms with Crippen LogP contribution < -0.4 is 16.0 Å². The summed E-state index contributed by atoms with van der Waals surface area (Å²) < 4.78 is 0. The lowest BCUT2D eigenvalue weighted by molar-refractivity contribution is -0.124. The molecule has 1 aromatic carbocycles. The fraction of sp³-hybridized carbons (Fsp3) is 0.652. The molecule has 1 aromatic rings. The summed E-state index contributed by atoms with van der Waals surface area (Å²) in [5.41, 5.74) is 1.81. The van der Waals surface area contributed by atoms with Gasteiger partial charge in [0.2, 0.25) is 5.91 Å². The van der Waals surface area contributed by atoms with Gasteiger partial charge in [0.25, 0.3) is 5.91 Å². The average molecular weight is 424 g/mol. The molecule has 2 rings (SSSR count). The maximum atomic E-state index is 12.6. The van der Waals surface area contributed by atoms with Gasteiger partial charge >= 0.3 is 0 Å². The van der Waals surface area contributed by atoms with Gasteiger partial charge in [0.05, 0.1) is 0 Å². The Bertz CT molecular complexity index is 647. The maximum Gasteiger partial charge on any atom is 0.251 e. The van der Waals surface area contributed by atoms with Crippen LogP contribution in [0.4, 0.5) is 0 Å². The fourth-order valence-corrected chi connectivity index (χ4v) is 3.56. The quantitative estimate of drug-likeness (QED) is 0.626. The van der Waals surface area contributed by atoms with Crippen LogP contribution >= 0.6 is 12.4 Å². The maximum absolute atomic E-state index is 12.6. The largest absolute Gasteiger partial charge is 0.354 e. The highest BCUT2D eigenvalue weighted by molar-refractivity contribution is 5.97. The lowest BCUT2D eigenvalue weighted by Crippen LogP contribution is -2.50. The predicted octanol–water partition coefficient (Wildman–Crippen LogP) is 3.67. The van der Waals surface area contributed by atoms with Crippen LogP contribution in [0.5, 0.6) is 0 Å². The van der Waals surface area contributed by atoms with E-state index in [1.807, 2.05) is 38.1 Å². The monoisotopic (exact) mass is 423 g/mol. The van der Waals surface area contributed by atoms with Gasteiger partial charge in [-0.2, -0.15) is 0 Å². The molecule has 0 aromatic heterocycles. The molecule has 2 atom stereocenters. The second-order valence-electron chi connectivity index (χ2n) is 9.31. The SMILES string of the molecule is CC(C)C(NC(=O)c1ccc(C(C)(C)C)cc1)C(=O)NCCC1CCCNC1.Cl. The molecular formula is C23H38ClN3O2. The molecule has 5 nitrogen and oxygen atoms in total. The number of carbonyl (C=O) groups excluding carboxylic acids is 2. The van der Waals surface area contributed by atoms with Crippen LogP contribution in [0.3, 0.4) is 0 Å². The van der Waals surface area contributed by atoms with Gasteiger partial charge < -0.3 is 16.0 Å². The number of hydrogen-bond donors (Lipinski definition) is 3. The van der Waals surface area contributed by atoms with E-state index in [0.717, 1.165) is 19.5 Å². The zero-order valence-corrected chi connectivity index (χ0v) is 19.3. The average Bonchev–Trinajstić information content (AvgIpc) is 2.65. The van der Waals surface area contributed by atoms with Crippen LogP contribution in [0.15, 0.2) is 24.3 Å². The van der Waals surface area contributed by atoms with Crippen molar-refractivity contribution in [2.45, 2.75) is 65.3 Å². The summed E-state index contributed by atoms with van der Waals surface area (Å²) in [4.78, 5) is 25.3. The van der Waals surface area contributed by atoms with Crippen molar-refractivity contribution in [1.29, 1.82) is 0 Å². The molecule has 1 aliphatic heterocycles. The first-order valence-electron chi connectivity index (χ1n) is 10.6. The molecule has 0 bridgehead atoms. The normalized spacial score (nSPS) is 17.9. The minimum atomic E-state index is -0.528. The van der Waals surface area contributed by atoms with E-state index in [9.17, 15) is 9.59 Å². The van der Waals surface area contributed by atoms with Crippen molar-refractivity contribution in [2.24, 2.45) is 11.8 Å². The predicted molar refractivity (Wildman–Crippen MR) is 122 cm³/mol. The second-order valence-corrected chi connectivity index (χ2v) is 9.31. The summed E-state index contributed by atoms with van der Waals surface area (Å²) in [6, 6.07) is 7.11. The van der Waals surface area contributed by atoms with Gasteiger partial charge in [-0.15, -0.1) is 12.4 Å². The molecule has 1 saturated heterocycles. The Morgan fingerprint density at radius 1 is 1.17 bits per heavy atom. The number of piperidine rings is 1. The van der Waals surface area contributed by atoms with E-state index in [1.54, 1.807) is 0 Å². The molecule has 29 heavy (non-hydrogen) atoms. The van der Waals surface area contributed by atoms with Crippen molar-refractivity contribution in [3.05, 3.63) is 35.4 Å². The third-order valence-electron chi connectivity index (χ3n) is 5.50. The van der Waals surface area contributed by atoms with Crippen molar-refractivity contribution in [3.8, 4) is 0 Å². The third-order valence-corrected chi connectivity index (χ3v) is 5.50. The standard InChI is InChI=1S/C23H37N3O2.ClH/c1-16(2)20(22(28)25-14-12-17-7-6-13-24-15-17)26-21(27)18-8-10-19(11-9-18)23(3,4)5;/h8-11,16-17,20,24H,6-7,12-15H2,1-5H3,(H,25,28)(H,26,27);1H. The number of rotatable bonds is 7. The molecule has 1 aliphatic rings. The first kappa shape index (κ1) is 25.4. The van der Waals surface area contributed by atoms with E-state index in [1.165, 1.54) is 18.4 Å². The molecule has 0 aliphatic carbocycles. The molecule has 164 valence electrons. The van der Waals surface area contributed by atoms with Crippen molar-refractivity contribution in [1.82, 2.24) is 16.0 Å². The van der Waals surface area contributed by atoms with E-state index in [2.05, 4.69) is 36.7 Å². The van der Waals surface area contributed by atoms with Crippen LogP contribution in [-0.2, 0) is 10.2 Å². The fourth-order valence-electron chi connectivity index (χ4n) is 3.56.